The lowest BCUT2D eigenvalue weighted by atomic mass is 10.1. The predicted molar refractivity (Wildman–Crippen MR) is 95.5 cm³/mol. The van der Waals surface area contributed by atoms with Gasteiger partial charge in [0.2, 0.25) is 5.91 Å². The summed E-state index contributed by atoms with van der Waals surface area (Å²) in [5.74, 6) is 0.880. The molecule has 0 aliphatic carbocycles. The van der Waals surface area contributed by atoms with E-state index in [1.807, 2.05) is 54.6 Å². The average molecular weight is 345 g/mol. The van der Waals surface area contributed by atoms with Crippen LogP contribution in [0, 0.1) is 0 Å². The first-order chi connectivity index (χ1) is 12.8. The molecule has 1 amide bonds. The van der Waals surface area contributed by atoms with E-state index in [0.717, 1.165) is 16.6 Å². The number of para-hydroxylation sites is 2. The Morgan fingerprint density at radius 3 is 2.77 bits per heavy atom. The van der Waals surface area contributed by atoms with E-state index in [2.05, 4.69) is 20.3 Å². The van der Waals surface area contributed by atoms with Crippen LogP contribution < -0.4 is 4.90 Å². The molecule has 1 fully saturated rings. The minimum absolute atomic E-state index is 0.0674. The number of anilines is 1. The van der Waals surface area contributed by atoms with Crippen LogP contribution in [0.5, 0.6) is 0 Å². The summed E-state index contributed by atoms with van der Waals surface area (Å²) in [6.45, 7) is 0.545. The predicted octanol–water partition coefficient (Wildman–Crippen LogP) is 3.13. The Labute approximate surface area is 148 Å². The van der Waals surface area contributed by atoms with Gasteiger partial charge >= 0.3 is 0 Å². The van der Waals surface area contributed by atoms with Crippen molar-refractivity contribution in [3.63, 3.8) is 0 Å². The number of fused-ring (bicyclic) bond motifs is 1. The molecule has 1 N–H and O–H groups in total. The number of H-pyrrole nitrogens is 1. The highest BCUT2D eigenvalue weighted by Crippen LogP contribution is 2.32. The highest BCUT2D eigenvalue weighted by Gasteiger charge is 2.34. The van der Waals surface area contributed by atoms with Gasteiger partial charge in [-0.15, -0.1) is 0 Å². The van der Waals surface area contributed by atoms with Crippen LogP contribution in [0.1, 0.15) is 18.2 Å². The van der Waals surface area contributed by atoms with Gasteiger partial charge in [-0.2, -0.15) is 10.1 Å². The first kappa shape index (κ1) is 14.8. The zero-order valence-corrected chi connectivity index (χ0v) is 13.8. The number of amides is 1. The lowest BCUT2D eigenvalue weighted by Gasteiger charge is -2.15. The van der Waals surface area contributed by atoms with Crippen molar-refractivity contribution < 1.29 is 9.32 Å². The Morgan fingerprint density at radius 2 is 1.88 bits per heavy atom. The van der Waals surface area contributed by atoms with Gasteiger partial charge in [0.1, 0.15) is 0 Å². The summed E-state index contributed by atoms with van der Waals surface area (Å²) in [5, 5.41) is 12.3. The second-order valence-electron chi connectivity index (χ2n) is 6.32. The molecule has 0 saturated carbocycles. The maximum atomic E-state index is 12.4. The molecule has 5 rings (SSSR count). The lowest BCUT2D eigenvalue weighted by molar-refractivity contribution is -0.117. The molecule has 1 aliphatic heterocycles. The van der Waals surface area contributed by atoms with E-state index >= 15 is 0 Å². The zero-order chi connectivity index (χ0) is 17.5. The standard InChI is InChI=1S/C19H15N5O2/c25-16-10-12(11-24(16)13-6-2-1-3-7-13)18-20-19(26-23-18)17-14-8-4-5-9-15(14)21-22-17/h1-9,12H,10-11H2,(H,21,22)/t12-/m0/s1. The molecular weight excluding hydrogens is 330 g/mol. The summed E-state index contributed by atoms with van der Waals surface area (Å²) in [6.07, 6.45) is 0.370. The maximum Gasteiger partial charge on any atom is 0.279 e. The molecule has 0 radical (unpaired) electrons. The molecule has 0 bridgehead atoms. The monoisotopic (exact) mass is 345 g/mol. The minimum atomic E-state index is -0.0922. The number of nitrogens with zero attached hydrogens (tertiary/aromatic N) is 4. The van der Waals surface area contributed by atoms with E-state index < -0.39 is 0 Å². The fourth-order valence-electron chi connectivity index (χ4n) is 3.36. The average Bonchev–Trinajstić information content (AvgIpc) is 3.39. The maximum absolute atomic E-state index is 12.4. The van der Waals surface area contributed by atoms with Crippen molar-refractivity contribution in [2.24, 2.45) is 0 Å². The van der Waals surface area contributed by atoms with Gasteiger partial charge in [0, 0.05) is 30.0 Å². The van der Waals surface area contributed by atoms with Gasteiger partial charge in [0.15, 0.2) is 11.5 Å². The molecular formula is C19H15N5O2. The molecule has 1 aliphatic rings. The number of nitrogens with one attached hydrogen (secondary N) is 1. The van der Waals surface area contributed by atoms with E-state index in [1.54, 1.807) is 4.90 Å². The number of benzene rings is 2. The largest absolute Gasteiger partial charge is 0.332 e. The van der Waals surface area contributed by atoms with Crippen molar-refractivity contribution >= 4 is 22.5 Å². The molecule has 26 heavy (non-hydrogen) atoms. The number of aromatic nitrogens is 4. The zero-order valence-electron chi connectivity index (χ0n) is 13.8. The van der Waals surface area contributed by atoms with Crippen molar-refractivity contribution in [1.29, 1.82) is 0 Å². The van der Waals surface area contributed by atoms with Crippen LogP contribution >= 0.6 is 0 Å². The summed E-state index contributed by atoms with van der Waals surface area (Å²) in [5.41, 5.74) is 2.43. The van der Waals surface area contributed by atoms with E-state index in [0.29, 0.717) is 30.4 Å². The van der Waals surface area contributed by atoms with Crippen LogP contribution in [0.15, 0.2) is 59.1 Å². The van der Waals surface area contributed by atoms with Gasteiger partial charge in [-0.05, 0) is 18.2 Å². The Hall–Kier alpha value is -3.48. The van der Waals surface area contributed by atoms with Crippen molar-refractivity contribution in [2.45, 2.75) is 12.3 Å². The molecule has 1 saturated heterocycles. The second kappa shape index (κ2) is 5.80. The molecule has 3 heterocycles. The van der Waals surface area contributed by atoms with Gasteiger partial charge < -0.3 is 9.42 Å². The molecule has 128 valence electrons. The number of carbonyl (C=O) groups is 1. The van der Waals surface area contributed by atoms with E-state index in [-0.39, 0.29) is 11.8 Å². The Kier molecular flexibility index (Phi) is 3.31. The number of aromatic amines is 1. The lowest BCUT2D eigenvalue weighted by Crippen LogP contribution is -2.24. The molecule has 2 aromatic heterocycles. The Morgan fingerprint density at radius 1 is 1.08 bits per heavy atom. The van der Waals surface area contributed by atoms with E-state index in [4.69, 9.17) is 4.52 Å². The number of rotatable bonds is 3. The third kappa shape index (κ3) is 2.36. The van der Waals surface area contributed by atoms with Gasteiger partial charge in [0.25, 0.3) is 5.89 Å². The fourth-order valence-corrected chi connectivity index (χ4v) is 3.36. The normalized spacial score (nSPS) is 17.3. The van der Waals surface area contributed by atoms with Crippen LogP contribution in [0.3, 0.4) is 0 Å². The van der Waals surface area contributed by atoms with Crippen LogP contribution in [0.2, 0.25) is 0 Å². The number of hydrogen-bond donors (Lipinski definition) is 1. The van der Waals surface area contributed by atoms with Gasteiger partial charge in [-0.1, -0.05) is 41.6 Å². The van der Waals surface area contributed by atoms with Crippen LogP contribution in [-0.4, -0.2) is 32.8 Å². The summed E-state index contributed by atoms with van der Waals surface area (Å²) >= 11 is 0. The van der Waals surface area contributed by atoms with Crippen LogP contribution in [0.4, 0.5) is 5.69 Å². The molecule has 0 spiro atoms. The number of carbonyl (C=O) groups excluding carboxylic acids is 1. The van der Waals surface area contributed by atoms with Crippen LogP contribution in [0.25, 0.3) is 22.5 Å². The van der Waals surface area contributed by atoms with Crippen molar-refractivity contribution in [3.8, 4) is 11.6 Å². The Bertz CT molecular complexity index is 1090. The fraction of sp³-hybridized carbons (Fsp3) is 0.158. The van der Waals surface area contributed by atoms with Crippen molar-refractivity contribution in [3.05, 3.63) is 60.4 Å². The third-order valence-electron chi connectivity index (χ3n) is 4.67. The molecule has 0 unspecified atom stereocenters. The van der Waals surface area contributed by atoms with E-state index in [1.165, 1.54) is 0 Å². The first-order valence-corrected chi connectivity index (χ1v) is 8.42. The molecule has 1 atom stereocenters. The molecule has 7 heteroatoms. The molecule has 4 aromatic rings. The van der Waals surface area contributed by atoms with Crippen molar-refractivity contribution in [1.82, 2.24) is 20.3 Å². The van der Waals surface area contributed by atoms with Gasteiger partial charge in [0.05, 0.1) is 5.52 Å². The quantitative estimate of drug-likeness (QED) is 0.616. The SMILES string of the molecule is O=C1C[C@H](c2noc(-c3n[nH]c4ccccc34)n2)CN1c1ccccc1. The highest BCUT2D eigenvalue weighted by molar-refractivity contribution is 5.96. The molecule has 7 nitrogen and oxygen atoms in total. The number of hydrogen-bond acceptors (Lipinski definition) is 5. The smallest absolute Gasteiger partial charge is 0.279 e. The second-order valence-corrected chi connectivity index (χ2v) is 6.32. The topological polar surface area (TPSA) is 87.9 Å². The molecule has 2 aromatic carbocycles. The first-order valence-electron chi connectivity index (χ1n) is 8.42. The van der Waals surface area contributed by atoms with Crippen molar-refractivity contribution in [2.75, 3.05) is 11.4 Å². The summed E-state index contributed by atoms with van der Waals surface area (Å²) in [7, 11) is 0. The summed E-state index contributed by atoms with van der Waals surface area (Å²) in [6, 6.07) is 17.4. The Balaban J connectivity index is 1.43. The van der Waals surface area contributed by atoms with Gasteiger partial charge in [-0.3, -0.25) is 9.89 Å². The minimum Gasteiger partial charge on any atom is -0.332 e. The third-order valence-corrected chi connectivity index (χ3v) is 4.67. The van der Waals surface area contributed by atoms with E-state index in [9.17, 15) is 4.79 Å². The summed E-state index contributed by atoms with van der Waals surface area (Å²) in [4.78, 5) is 18.7. The van der Waals surface area contributed by atoms with Gasteiger partial charge in [-0.25, -0.2) is 0 Å². The highest BCUT2D eigenvalue weighted by atomic mass is 16.5. The summed E-state index contributed by atoms with van der Waals surface area (Å²) < 4.78 is 5.43. The van der Waals surface area contributed by atoms with Crippen LogP contribution in [-0.2, 0) is 4.79 Å².